The second-order valence-corrected chi connectivity index (χ2v) is 9.04. The van der Waals surface area contributed by atoms with E-state index in [0.717, 1.165) is 57.0 Å². The molecule has 3 rings (SSSR count). The lowest BCUT2D eigenvalue weighted by molar-refractivity contribution is 0.104. The van der Waals surface area contributed by atoms with Gasteiger partial charge in [0.05, 0.1) is 0 Å². The largest absolute Gasteiger partial charge is 0.356 e. The van der Waals surface area contributed by atoms with E-state index in [4.69, 9.17) is 0 Å². The van der Waals surface area contributed by atoms with Crippen LogP contribution in [0.5, 0.6) is 0 Å². The van der Waals surface area contributed by atoms with Crippen LogP contribution in [0.1, 0.15) is 45.1 Å². The van der Waals surface area contributed by atoms with E-state index in [1.165, 1.54) is 31.2 Å². The lowest BCUT2D eigenvalue weighted by Crippen LogP contribution is -2.46. The van der Waals surface area contributed by atoms with Crippen LogP contribution < -0.4 is 15.5 Å². The summed E-state index contributed by atoms with van der Waals surface area (Å²) in [6.07, 6.45) is 7.27. The Hall–Kier alpha value is -1.09. The predicted octanol–water partition coefficient (Wildman–Crippen LogP) is 3.33. The molecule has 1 aliphatic carbocycles. The summed E-state index contributed by atoms with van der Waals surface area (Å²) in [6, 6.07) is 4.30. The number of rotatable bonds is 7. The maximum atomic E-state index is 4.58. The van der Waals surface area contributed by atoms with Crippen LogP contribution in [-0.2, 0) is 6.54 Å². The molecule has 0 bridgehead atoms. The SMILES string of the molecule is CN=C(NCc1ccnc(N2CCN(C)CC2)c1)NCC1(CC(C)C)CCC1.I. The van der Waals surface area contributed by atoms with Gasteiger partial charge < -0.3 is 20.4 Å². The Labute approximate surface area is 194 Å². The molecule has 1 aliphatic heterocycles. The number of anilines is 1. The maximum absolute atomic E-state index is 4.58. The van der Waals surface area contributed by atoms with Crippen molar-refractivity contribution in [1.29, 1.82) is 0 Å². The van der Waals surface area contributed by atoms with Crippen LogP contribution in [-0.4, -0.2) is 62.7 Å². The van der Waals surface area contributed by atoms with Crippen molar-refractivity contribution in [1.82, 2.24) is 20.5 Å². The van der Waals surface area contributed by atoms with Gasteiger partial charge in [0.2, 0.25) is 0 Å². The molecular formula is C22H39IN6. The number of hydrogen-bond acceptors (Lipinski definition) is 4. The van der Waals surface area contributed by atoms with E-state index in [1.807, 2.05) is 13.2 Å². The van der Waals surface area contributed by atoms with Gasteiger partial charge in [-0.3, -0.25) is 4.99 Å². The van der Waals surface area contributed by atoms with E-state index >= 15 is 0 Å². The number of hydrogen-bond donors (Lipinski definition) is 2. The van der Waals surface area contributed by atoms with Crippen LogP contribution in [0.3, 0.4) is 0 Å². The fraction of sp³-hybridized carbons (Fsp3) is 0.727. The molecule has 2 fully saturated rings. The molecule has 1 aromatic rings. The summed E-state index contributed by atoms with van der Waals surface area (Å²) in [5, 5.41) is 7.06. The van der Waals surface area contributed by atoms with E-state index in [9.17, 15) is 0 Å². The molecule has 0 aromatic carbocycles. The second kappa shape index (κ2) is 11.3. The molecule has 2 N–H and O–H groups in total. The summed E-state index contributed by atoms with van der Waals surface area (Å²) in [5.74, 6) is 2.73. The molecular weight excluding hydrogens is 475 g/mol. The highest BCUT2D eigenvalue weighted by atomic mass is 127. The van der Waals surface area contributed by atoms with Crippen molar-refractivity contribution in [3.05, 3.63) is 23.9 Å². The number of guanidine groups is 1. The van der Waals surface area contributed by atoms with Crippen LogP contribution in [0.2, 0.25) is 0 Å². The molecule has 7 heteroatoms. The minimum atomic E-state index is 0. The standard InChI is InChI=1S/C22H38N6.HI/c1-18(2)15-22(7-5-8-22)17-26-21(23-3)25-16-19-6-9-24-20(14-19)28-12-10-27(4)11-13-28;/h6,9,14,18H,5,7-8,10-13,15-17H2,1-4H3,(H2,23,25,26);1H. The topological polar surface area (TPSA) is 55.8 Å². The van der Waals surface area contributed by atoms with Crippen molar-refractivity contribution in [2.75, 3.05) is 51.7 Å². The first-order chi connectivity index (χ1) is 13.5. The van der Waals surface area contributed by atoms with Gasteiger partial charge in [0.1, 0.15) is 5.82 Å². The van der Waals surface area contributed by atoms with E-state index < -0.39 is 0 Å². The number of halogens is 1. The number of nitrogens with one attached hydrogen (secondary N) is 2. The maximum Gasteiger partial charge on any atom is 0.191 e. The fourth-order valence-corrected chi connectivity index (χ4v) is 4.45. The van der Waals surface area contributed by atoms with E-state index in [1.54, 1.807) is 0 Å². The van der Waals surface area contributed by atoms with Gasteiger partial charge in [0.25, 0.3) is 0 Å². The van der Waals surface area contributed by atoms with Crippen LogP contribution in [0.25, 0.3) is 0 Å². The lowest BCUT2D eigenvalue weighted by atomic mass is 9.64. The highest BCUT2D eigenvalue weighted by molar-refractivity contribution is 14.0. The first kappa shape index (κ1) is 24.2. The third kappa shape index (κ3) is 6.98. The molecule has 0 atom stereocenters. The molecule has 0 radical (unpaired) electrons. The van der Waals surface area contributed by atoms with Crippen LogP contribution in [0.4, 0.5) is 5.82 Å². The Morgan fingerprint density at radius 1 is 1.21 bits per heavy atom. The number of aromatic nitrogens is 1. The molecule has 1 aromatic heterocycles. The minimum Gasteiger partial charge on any atom is -0.356 e. The Bertz CT molecular complexity index is 650. The molecule has 0 spiro atoms. The predicted molar refractivity (Wildman–Crippen MR) is 133 cm³/mol. The van der Waals surface area contributed by atoms with Crippen molar-refractivity contribution < 1.29 is 0 Å². The van der Waals surface area contributed by atoms with Crippen LogP contribution in [0.15, 0.2) is 23.3 Å². The van der Waals surface area contributed by atoms with Crippen molar-refractivity contribution in [2.45, 2.75) is 46.1 Å². The van der Waals surface area contributed by atoms with E-state index in [-0.39, 0.29) is 24.0 Å². The number of aliphatic imine (C=N–C) groups is 1. The second-order valence-electron chi connectivity index (χ2n) is 9.04. The first-order valence-electron chi connectivity index (χ1n) is 10.8. The van der Waals surface area contributed by atoms with Crippen molar-refractivity contribution in [3.63, 3.8) is 0 Å². The molecule has 164 valence electrons. The normalized spacial score (nSPS) is 19.5. The molecule has 2 heterocycles. The Morgan fingerprint density at radius 2 is 1.93 bits per heavy atom. The quantitative estimate of drug-likeness (QED) is 0.332. The Morgan fingerprint density at radius 3 is 2.52 bits per heavy atom. The molecule has 0 amide bonds. The van der Waals surface area contributed by atoms with Gasteiger partial charge in [-0.05, 0) is 55.3 Å². The zero-order chi connectivity index (χ0) is 20.0. The monoisotopic (exact) mass is 514 g/mol. The highest BCUT2D eigenvalue weighted by Gasteiger charge is 2.37. The van der Waals surface area contributed by atoms with Gasteiger partial charge in [0, 0.05) is 52.5 Å². The highest BCUT2D eigenvalue weighted by Crippen LogP contribution is 2.45. The van der Waals surface area contributed by atoms with Crippen LogP contribution >= 0.6 is 24.0 Å². The summed E-state index contributed by atoms with van der Waals surface area (Å²) in [4.78, 5) is 13.8. The third-order valence-electron chi connectivity index (χ3n) is 6.21. The Balaban J connectivity index is 0.00000300. The summed E-state index contributed by atoms with van der Waals surface area (Å²) < 4.78 is 0. The molecule has 29 heavy (non-hydrogen) atoms. The van der Waals surface area contributed by atoms with Crippen molar-refractivity contribution >= 4 is 35.8 Å². The first-order valence-corrected chi connectivity index (χ1v) is 10.8. The average Bonchev–Trinajstić information content (AvgIpc) is 2.66. The van der Waals surface area contributed by atoms with Gasteiger partial charge in [-0.15, -0.1) is 24.0 Å². The van der Waals surface area contributed by atoms with E-state index in [2.05, 4.69) is 63.4 Å². The van der Waals surface area contributed by atoms with Gasteiger partial charge in [-0.2, -0.15) is 0 Å². The van der Waals surface area contributed by atoms with Crippen molar-refractivity contribution in [3.8, 4) is 0 Å². The van der Waals surface area contributed by atoms with E-state index in [0.29, 0.717) is 5.41 Å². The zero-order valence-corrected chi connectivity index (χ0v) is 20.9. The van der Waals surface area contributed by atoms with Gasteiger partial charge in [-0.25, -0.2) is 4.98 Å². The lowest BCUT2D eigenvalue weighted by Gasteiger charge is -2.43. The zero-order valence-electron chi connectivity index (χ0n) is 18.6. The molecule has 1 saturated carbocycles. The third-order valence-corrected chi connectivity index (χ3v) is 6.21. The Kier molecular flexibility index (Phi) is 9.46. The summed E-state index contributed by atoms with van der Waals surface area (Å²) in [7, 11) is 4.03. The number of likely N-dealkylation sites (N-methyl/N-ethyl adjacent to an activating group) is 1. The smallest absolute Gasteiger partial charge is 0.191 e. The van der Waals surface area contributed by atoms with Gasteiger partial charge >= 0.3 is 0 Å². The molecule has 0 unspecified atom stereocenters. The van der Waals surface area contributed by atoms with Crippen molar-refractivity contribution in [2.24, 2.45) is 16.3 Å². The molecule has 2 aliphatic rings. The summed E-state index contributed by atoms with van der Waals surface area (Å²) in [5.41, 5.74) is 1.71. The number of nitrogens with zero attached hydrogens (tertiary/aromatic N) is 4. The van der Waals surface area contributed by atoms with Gasteiger partial charge in [0.15, 0.2) is 5.96 Å². The summed E-state index contributed by atoms with van der Waals surface area (Å²) >= 11 is 0. The fourth-order valence-electron chi connectivity index (χ4n) is 4.45. The minimum absolute atomic E-state index is 0. The average molecular weight is 515 g/mol. The number of piperazine rings is 1. The molecule has 6 nitrogen and oxygen atoms in total. The number of pyridine rings is 1. The van der Waals surface area contributed by atoms with Gasteiger partial charge in [-0.1, -0.05) is 20.3 Å². The summed E-state index contributed by atoms with van der Waals surface area (Å²) in [6.45, 7) is 10.7. The van der Waals surface area contributed by atoms with Crippen LogP contribution in [0, 0.1) is 11.3 Å². The molecule has 1 saturated heterocycles.